The summed E-state index contributed by atoms with van der Waals surface area (Å²) in [7, 11) is 1.60. The summed E-state index contributed by atoms with van der Waals surface area (Å²) < 4.78 is 6.84. The number of benzene rings is 1. The first-order valence-electron chi connectivity index (χ1n) is 6.89. The average molecular weight is 299 g/mol. The monoisotopic (exact) mass is 299 g/mol. The first kappa shape index (κ1) is 14.1. The minimum atomic E-state index is -0.149. The highest BCUT2D eigenvalue weighted by molar-refractivity contribution is 5.49. The third-order valence-corrected chi connectivity index (χ3v) is 3.45. The van der Waals surface area contributed by atoms with E-state index < -0.39 is 0 Å². The fourth-order valence-electron chi connectivity index (χ4n) is 2.34. The lowest BCUT2D eigenvalue weighted by molar-refractivity contribution is 0.410. The van der Waals surface area contributed by atoms with Gasteiger partial charge in [0.2, 0.25) is 0 Å². The molecule has 0 saturated heterocycles. The lowest BCUT2D eigenvalue weighted by Gasteiger charge is -2.18. The molecular weight excluding hydrogens is 282 g/mol. The summed E-state index contributed by atoms with van der Waals surface area (Å²) in [6, 6.07) is 6.88. The summed E-state index contributed by atoms with van der Waals surface area (Å²) in [5.74, 6) is 2.19. The maximum Gasteiger partial charge on any atom is 0.254 e. The number of phenolic OH excluding ortho intramolecular Hbond substituents is 1. The fourth-order valence-corrected chi connectivity index (χ4v) is 2.34. The predicted molar refractivity (Wildman–Crippen MR) is 82.2 cm³/mol. The second-order valence-electron chi connectivity index (χ2n) is 5.05. The molecule has 0 saturated carbocycles. The van der Waals surface area contributed by atoms with E-state index in [1.165, 1.54) is 6.33 Å². The second kappa shape index (κ2) is 5.51. The number of rotatable bonds is 4. The zero-order chi connectivity index (χ0) is 15.7. The number of hydrogen-bond donors (Lipinski definition) is 2. The van der Waals surface area contributed by atoms with Gasteiger partial charge in [-0.15, -0.1) is 0 Å². The Labute approximate surface area is 127 Å². The molecule has 2 N–H and O–H groups in total. The van der Waals surface area contributed by atoms with E-state index >= 15 is 0 Å². The number of anilines is 1. The second-order valence-corrected chi connectivity index (χ2v) is 5.05. The van der Waals surface area contributed by atoms with Crippen LogP contribution in [0.2, 0.25) is 0 Å². The molecule has 0 amide bonds. The third kappa shape index (κ3) is 2.52. The van der Waals surface area contributed by atoms with Crippen molar-refractivity contribution < 1.29 is 9.84 Å². The standard InChI is InChI=1S/C15H17N5O2/c1-9-6-14(20-15(18-9)16-8-17-20)19-10(2)12-7-11(22-3)4-5-13(12)21/h4-8,10,19,21H,1-3H3. The summed E-state index contributed by atoms with van der Waals surface area (Å²) in [5.41, 5.74) is 1.58. The van der Waals surface area contributed by atoms with Gasteiger partial charge in [0, 0.05) is 17.3 Å². The van der Waals surface area contributed by atoms with Crippen LogP contribution in [0.25, 0.3) is 5.78 Å². The minimum Gasteiger partial charge on any atom is -0.508 e. The lowest BCUT2D eigenvalue weighted by Crippen LogP contribution is -2.11. The quantitative estimate of drug-likeness (QED) is 0.769. The zero-order valence-electron chi connectivity index (χ0n) is 12.6. The van der Waals surface area contributed by atoms with Gasteiger partial charge in [-0.1, -0.05) is 0 Å². The SMILES string of the molecule is COc1ccc(O)c(C(C)Nc2cc(C)nc3ncnn23)c1. The van der Waals surface area contributed by atoms with Crippen molar-refractivity contribution in [2.24, 2.45) is 0 Å². The first-order chi connectivity index (χ1) is 10.6. The Morgan fingerprint density at radius 2 is 2.14 bits per heavy atom. The van der Waals surface area contributed by atoms with Crippen LogP contribution in [-0.2, 0) is 0 Å². The predicted octanol–water partition coefficient (Wildman–Crippen LogP) is 2.32. The number of phenols is 1. The minimum absolute atomic E-state index is 0.149. The Kier molecular flexibility index (Phi) is 3.54. The molecule has 0 radical (unpaired) electrons. The van der Waals surface area contributed by atoms with Crippen LogP contribution in [0.1, 0.15) is 24.2 Å². The molecule has 1 aromatic carbocycles. The molecule has 7 heteroatoms. The fraction of sp³-hybridized carbons (Fsp3) is 0.267. The number of fused-ring (bicyclic) bond motifs is 1. The Bertz CT molecular complexity index is 815. The van der Waals surface area contributed by atoms with Crippen LogP contribution in [-0.4, -0.2) is 31.8 Å². The molecule has 3 rings (SSSR count). The van der Waals surface area contributed by atoms with E-state index in [0.717, 1.165) is 17.1 Å². The van der Waals surface area contributed by atoms with Gasteiger partial charge in [-0.3, -0.25) is 0 Å². The van der Waals surface area contributed by atoms with Crippen LogP contribution < -0.4 is 10.1 Å². The molecule has 0 fully saturated rings. The average Bonchev–Trinajstić information content (AvgIpc) is 2.96. The highest BCUT2D eigenvalue weighted by Crippen LogP contribution is 2.30. The van der Waals surface area contributed by atoms with Gasteiger partial charge in [0.25, 0.3) is 5.78 Å². The summed E-state index contributed by atoms with van der Waals surface area (Å²) in [4.78, 5) is 8.40. The molecule has 2 aromatic heterocycles. The van der Waals surface area contributed by atoms with Crippen LogP contribution in [0.3, 0.4) is 0 Å². The van der Waals surface area contributed by atoms with Crippen molar-refractivity contribution in [1.82, 2.24) is 19.6 Å². The normalized spacial score (nSPS) is 12.3. The van der Waals surface area contributed by atoms with Gasteiger partial charge in [0.05, 0.1) is 13.2 Å². The van der Waals surface area contributed by atoms with Crippen molar-refractivity contribution >= 4 is 11.6 Å². The molecule has 0 spiro atoms. The molecule has 3 aromatic rings. The Balaban J connectivity index is 1.96. The molecule has 1 atom stereocenters. The van der Waals surface area contributed by atoms with Gasteiger partial charge in [-0.25, -0.2) is 4.98 Å². The molecule has 0 aliphatic carbocycles. The van der Waals surface area contributed by atoms with E-state index in [0.29, 0.717) is 11.5 Å². The van der Waals surface area contributed by atoms with E-state index in [-0.39, 0.29) is 11.8 Å². The highest BCUT2D eigenvalue weighted by Gasteiger charge is 2.14. The van der Waals surface area contributed by atoms with E-state index in [1.807, 2.05) is 19.9 Å². The number of hydrogen-bond acceptors (Lipinski definition) is 6. The van der Waals surface area contributed by atoms with E-state index in [9.17, 15) is 5.11 Å². The number of aryl methyl sites for hydroxylation is 1. The molecule has 7 nitrogen and oxygen atoms in total. The van der Waals surface area contributed by atoms with Crippen LogP contribution in [0.4, 0.5) is 5.82 Å². The van der Waals surface area contributed by atoms with Gasteiger partial charge in [-0.2, -0.15) is 14.6 Å². The molecule has 0 bridgehead atoms. The van der Waals surface area contributed by atoms with Gasteiger partial charge in [0.1, 0.15) is 23.6 Å². The number of aromatic nitrogens is 4. The number of nitrogens with zero attached hydrogens (tertiary/aromatic N) is 4. The van der Waals surface area contributed by atoms with Gasteiger partial charge < -0.3 is 15.2 Å². The summed E-state index contributed by atoms with van der Waals surface area (Å²) in [5, 5.41) is 17.5. The lowest BCUT2D eigenvalue weighted by atomic mass is 10.1. The Hall–Kier alpha value is -2.83. The molecule has 0 aliphatic heterocycles. The molecule has 1 unspecified atom stereocenters. The summed E-state index contributed by atoms with van der Waals surface area (Å²) in [6.07, 6.45) is 1.46. The number of methoxy groups -OCH3 is 1. The maximum absolute atomic E-state index is 10.1. The van der Waals surface area contributed by atoms with E-state index in [1.54, 1.807) is 29.8 Å². The van der Waals surface area contributed by atoms with Crippen molar-refractivity contribution in [1.29, 1.82) is 0 Å². The summed E-state index contributed by atoms with van der Waals surface area (Å²) in [6.45, 7) is 3.85. The molecule has 114 valence electrons. The van der Waals surface area contributed by atoms with E-state index in [4.69, 9.17) is 4.74 Å². The van der Waals surface area contributed by atoms with Crippen molar-refractivity contribution in [2.75, 3.05) is 12.4 Å². The van der Waals surface area contributed by atoms with Crippen LogP contribution in [0.5, 0.6) is 11.5 Å². The third-order valence-electron chi connectivity index (χ3n) is 3.45. The largest absolute Gasteiger partial charge is 0.508 e. The van der Waals surface area contributed by atoms with E-state index in [2.05, 4.69) is 20.4 Å². The van der Waals surface area contributed by atoms with Crippen LogP contribution in [0, 0.1) is 6.92 Å². The van der Waals surface area contributed by atoms with Gasteiger partial charge >= 0.3 is 0 Å². The van der Waals surface area contributed by atoms with Crippen LogP contribution >= 0.6 is 0 Å². The topological polar surface area (TPSA) is 84.6 Å². The highest BCUT2D eigenvalue weighted by atomic mass is 16.5. The number of ether oxygens (including phenoxy) is 1. The molecular formula is C15H17N5O2. The van der Waals surface area contributed by atoms with Crippen molar-refractivity contribution in [2.45, 2.75) is 19.9 Å². The maximum atomic E-state index is 10.1. The number of aromatic hydroxyl groups is 1. The molecule has 2 heterocycles. The van der Waals surface area contributed by atoms with Crippen molar-refractivity contribution in [3.63, 3.8) is 0 Å². The van der Waals surface area contributed by atoms with Gasteiger partial charge in [-0.05, 0) is 32.0 Å². The van der Waals surface area contributed by atoms with Crippen LogP contribution in [0.15, 0.2) is 30.6 Å². The number of nitrogens with one attached hydrogen (secondary N) is 1. The zero-order valence-corrected chi connectivity index (χ0v) is 12.6. The Morgan fingerprint density at radius 1 is 1.32 bits per heavy atom. The smallest absolute Gasteiger partial charge is 0.254 e. The van der Waals surface area contributed by atoms with Crippen molar-refractivity contribution in [3.8, 4) is 11.5 Å². The molecule has 22 heavy (non-hydrogen) atoms. The Morgan fingerprint density at radius 3 is 2.91 bits per heavy atom. The molecule has 0 aliphatic rings. The first-order valence-corrected chi connectivity index (χ1v) is 6.89. The van der Waals surface area contributed by atoms with Crippen molar-refractivity contribution in [3.05, 3.63) is 41.9 Å². The van der Waals surface area contributed by atoms with Gasteiger partial charge in [0.15, 0.2) is 0 Å². The summed E-state index contributed by atoms with van der Waals surface area (Å²) >= 11 is 0.